The first-order chi connectivity index (χ1) is 11.3. The Balaban J connectivity index is 1.82. The van der Waals surface area contributed by atoms with Gasteiger partial charge in [-0.25, -0.2) is 4.52 Å². The van der Waals surface area contributed by atoms with Gasteiger partial charge in [-0.3, -0.25) is 4.18 Å². The van der Waals surface area contributed by atoms with Gasteiger partial charge in [-0.05, 0) is 46.4 Å². The molecular formula is C17H17IN2O3S. The van der Waals surface area contributed by atoms with Crippen molar-refractivity contribution in [3.63, 3.8) is 0 Å². The first-order valence-corrected chi connectivity index (χ1v) is 9.86. The lowest BCUT2D eigenvalue weighted by atomic mass is 9.87. The predicted octanol–water partition coefficient (Wildman–Crippen LogP) is 3.62. The molecule has 0 radical (unpaired) electrons. The number of rotatable bonds is 5. The van der Waals surface area contributed by atoms with E-state index >= 15 is 0 Å². The third-order valence-corrected chi connectivity index (χ3v) is 5.97. The van der Waals surface area contributed by atoms with Crippen molar-refractivity contribution in [2.24, 2.45) is 0 Å². The predicted molar refractivity (Wildman–Crippen MR) is 101 cm³/mol. The van der Waals surface area contributed by atoms with Crippen LogP contribution in [0, 0.1) is 3.57 Å². The van der Waals surface area contributed by atoms with Gasteiger partial charge < -0.3 is 0 Å². The Morgan fingerprint density at radius 3 is 2.58 bits per heavy atom. The van der Waals surface area contributed by atoms with Crippen LogP contribution in [0.5, 0.6) is 0 Å². The van der Waals surface area contributed by atoms with Crippen LogP contribution < -0.4 is 0 Å². The second kappa shape index (κ2) is 6.45. The molecule has 0 bridgehead atoms. The lowest BCUT2D eigenvalue weighted by Gasteiger charge is -2.24. The fourth-order valence-corrected chi connectivity index (χ4v) is 3.94. The van der Waals surface area contributed by atoms with Gasteiger partial charge in [-0.1, -0.05) is 38.1 Å². The molecule has 0 atom stereocenters. The molecule has 0 saturated heterocycles. The van der Waals surface area contributed by atoms with E-state index in [1.54, 1.807) is 28.9 Å². The minimum absolute atomic E-state index is 0.0497. The van der Waals surface area contributed by atoms with Gasteiger partial charge in [0.15, 0.2) is 0 Å². The third-order valence-electron chi connectivity index (χ3n) is 3.86. The monoisotopic (exact) mass is 456 g/mol. The summed E-state index contributed by atoms with van der Waals surface area (Å²) >= 11 is 2.23. The fourth-order valence-electron chi connectivity index (χ4n) is 2.32. The van der Waals surface area contributed by atoms with Crippen molar-refractivity contribution in [2.75, 3.05) is 6.61 Å². The first kappa shape index (κ1) is 17.4. The largest absolute Gasteiger partial charge is 0.297 e. The number of halogens is 1. The summed E-state index contributed by atoms with van der Waals surface area (Å²) in [5.41, 5.74) is 1.50. The minimum Gasteiger partial charge on any atom is -0.265 e. The van der Waals surface area contributed by atoms with Gasteiger partial charge in [-0.15, -0.1) is 0 Å². The lowest BCUT2D eigenvalue weighted by molar-refractivity contribution is 0.245. The molecular weight excluding hydrogens is 439 g/mol. The van der Waals surface area contributed by atoms with E-state index in [1.165, 1.54) is 12.1 Å². The zero-order chi connectivity index (χ0) is 17.4. The molecule has 0 N–H and O–H groups in total. The maximum Gasteiger partial charge on any atom is 0.297 e. The molecule has 3 aromatic rings. The van der Waals surface area contributed by atoms with Gasteiger partial charge >= 0.3 is 0 Å². The molecule has 1 aromatic carbocycles. The second-order valence-corrected chi connectivity index (χ2v) is 8.93. The van der Waals surface area contributed by atoms with Crippen LogP contribution >= 0.6 is 22.6 Å². The topological polar surface area (TPSA) is 60.7 Å². The first-order valence-electron chi connectivity index (χ1n) is 7.37. The van der Waals surface area contributed by atoms with Crippen LogP contribution in [0.25, 0.3) is 5.52 Å². The second-order valence-electron chi connectivity index (χ2n) is 6.15. The van der Waals surface area contributed by atoms with Crippen LogP contribution in [-0.2, 0) is 19.7 Å². The van der Waals surface area contributed by atoms with E-state index in [4.69, 9.17) is 4.18 Å². The molecule has 0 aliphatic rings. The Morgan fingerprint density at radius 2 is 1.88 bits per heavy atom. The minimum atomic E-state index is -3.76. The number of hydrogen-bond acceptors (Lipinski definition) is 4. The normalized spacial score (nSPS) is 12.6. The van der Waals surface area contributed by atoms with Crippen LogP contribution in [-0.4, -0.2) is 24.6 Å². The van der Waals surface area contributed by atoms with E-state index in [0.29, 0.717) is 0 Å². The smallest absolute Gasteiger partial charge is 0.265 e. The summed E-state index contributed by atoms with van der Waals surface area (Å²) in [4.78, 5) is 0.165. The van der Waals surface area contributed by atoms with E-state index in [2.05, 4.69) is 27.7 Å². The molecule has 2 heterocycles. The van der Waals surface area contributed by atoms with Crippen molar-refractivity contribution in [1.29, 1.82) is 0 Å². The molecule has 126 valence electrons. The van der Waals surface area contributed by atoms with Gasteiger partial charge in [0.25, 0.3) is 10.1 Å². The maximum absolute atomic E-state index is 12.3. The number of hydrogen-bond donors (Lipinski definition) is 0. The summed E-state index contributed by atoms with van der Waals surface area (Å²) in [6, 6.07) is 12.1. The van der Waals surface area contributed by atoms with Gasteiger partial charge in [0.1, 0.15) is 0 Å². The zero-order valence-corrected chi connectivity index (χ0v) is 16.3. The highest BCUT2D eigenvalue weighted by atomic mass is 127. The Labute approximate surface area is 154 Å². The summed E-state index contributed by atoms with van der Waals surface area (Å²) < 4.78 is 32.7. The molecule has 0 unspecified atom stereocenters. The third kappa shape index (κ3) is 3.47. The number of aromatic nitrogens is 2. The van der Waals surface area contributed by atoms with E-state index in [-0.39, 0.29) is 11.5 Å². The van der Waals surface area contributed by atoms with E-state index in [0.717, 1.165) is 14.7 Å². The molecule has 2 aromatic heterocycles. The van der Waals surface area contributed by atoms with Crippen LogP contribution in [0.2, 0.25) is 0 Å². The Hall–Kier alpha value is -1.45. The van der Waals surface area contributed by atoms with Crippen molar-refractivity contribution in [3.8, 4) is 0 Å². The molecule has 0 fully saturated rings. The van der Waals surface area contributed by atoms with Gasteiger partial charge in [0.05, 0.1) is 26.8 Å². The Morgan fingerprint density at radius 1 is 1.17 bits per heavy atom. The zero-order valence-electron chi connectivity index (χ0n) is 13.3. The summed E-state index contributed by atoms with van der Waals surface area (Å²) in [6.45, 7) is 3.94. The van der Waals surface area contributed by atoms with Crippen molar-refractivity contribution in [3.05, 3.63) is 64.0 Å². The van der Waals surface area contributed by atoms with Crippen LogP contribution in [0.3, 0.4) is 0 Å². The summed E-state index contributed by atoms with van der Waals surface area (Å²) in [5.74, 6) is 0. The van der Waals surface area contributed by atoms with Crippen molar-refractivity contribution in [2.45, 2.75) is 24.2 Å². The fraction of sp³-hybridized carbons (Fsp3) is 0.235. The van der Waals surface area contributed by atoms with Gasteiger partial charge in [-0.2, -0.15) is 13.5 Å². The maximum atomic E-state index is 12.3. The summed E-state index contributed by atoms with van der Waals surface area (Å²) in [5, 5.41) is 4.30. The van der Waals surface area contributed by atoms with Crippen LogP contribution in [0.4, 0.5) is 0 Å². The molecule has 7 heteroatoms. The molecule has 24 heavy (non-hydrogen) atoms. The molecule has 3 rings (SSSR count). The number of pyridine rings is 1. The summed E-state index contributed by atoms with van der Waals surface area (Å²) in [6.07, 6.45) is 3.71. The highest BCUT2D eigenvalue weighted by Gasteiger charge is 2.26. The van der Waals surface area contributed by atoms with E-state index < -0.39 is 15.5 Å². The quantitative estimate of drug-likeness (QED) is 0.435. The highest BCUT2D eigenvalue weighted by molar-refractivity contribution is 14.1. The molecule has 0 aliphatic heterocycles. The molecule has 0 saturated carbocycles. The van der Waals surface area contributed by atoms with Crippen molar-refractivity contribution in [1.82, 2.24) is 9.61 Å². The van der Waals surface area contributed by atoms with Crippen molar-refractivity contribution < 1.29 is 12.6 Å². The van der Waals surface area contributed by atoms with Crippen LogP contribution in [0.15, 0.2) is 59.8 Å². The average molecular weight is 456 g/mol. The SMILES string of the molecule is CC(C)(COS(=O)(=O)c1ccccc1)c1ccc2c(I)cnn2c1. The number of nitrogens with zero attached hydrogens (tertiary/aromatic N) is 2. The molecule has 0 aliphatic carbocycles. The highest BCUT2D eigenvalue weighted by Crippen LogP contribution is 2.26. The van der Waals surface area contributed by atoms with Gasteiger partial charge in [0, 0.05) is 11.6 Å². The van der Waals surface area contributed by atoms with E-state index in [1.807, 2.05) is 32.2 Å². The van der Waals surface area contributed by atoms with Crippen LogP contribution in [0.1, 0.15) is 19.4 Å². The Kier molecular flexibility index (Phi) is 4.67. The number of fused-ring (bicyclic) bond motifs is 1. The van der Waals surface area contributed by atoms with Gasteiger partial charge in [0.2, 0.25) is 0 Å². The standard InChI is InChI=1S/C17H17IN2O3S/c1-17(2,12-23-24(21,22)14-6-4-3-5-7-14)13-8-9-16-15(18)10-19-20(16)11-13/h3-11H,12H2,1-2H3. The lowest BCUT2D eigenvalue weighted by Crippen LogP contribution is -2.26. The molecule has 0 amide bonds. The average Bonchev–Trinajstić information content (AvgIpc) is 2.95. The summed E-state index contributed by atoms with van der Waals surface area (Å²) in [7, 11) is -3.76. The van der Waals surface area contributed by atoms with Crippen molar-refractivity contribution >= 4 is 38.2 Å². The molecule has 5 nitrogen and oxygen atoms in total. The molecule has 0 spiro atoms. The Bertz CT molecular complexity index is 966. The number of benzene rings is 1. The van der Waals surface area contributed by atoms with E-state index in [9.17, 15) is 8.42 Å².